The molecule has 0 spiro atoms. The number of ether oxygens (including phenoxy) is 1. The number of halogens is 2. The second-order valence-electron chi connectivity index (χ2n) is 4.88. The van der Waals surface area contributed by atoms with Crippen LogP contribution in [0.3, 0.4) is 0 Å². The number of benzene rings is 1. The third-order valence-corrected chi connectivity index (χ3v) is 4.60. The number of rotatable bonds is 3. The second kappa shape index (κ2) is 4.58. The highest BCUT2D eigenvalue weighted by atomic mass is 79.9. The SMILES string of the molecule is CCC1(C)C(N)CC1Oc1ccc(F)cc1Br. The summed E-state index contributed by atoms with van der Waals surface area (Å²) in [7, 11) is 0. The van der Waals surface area contributed by atoms with Gasteiger partial charge in [-0.25, -0.2) is 4.39 Å². The van der Waals surface area contributed by atoms with E-state index in [9.17, 15) is 4.39 Å². The smallest absolute Gasteiger partial charge is 0.134 e. The number of hydrogen-bond donors (Lipinski definition) is 1. The van der Waals surface area contributed by atoms with Gasteiger partial charge in [-0.1, -0.05) is 13.8 Å². The molecule has 2 N–H and O–H groups in total. The molecule has 2 rings (SSSR count). The molecule has 1 aromatic carbocycles. The molecule has 0 bridgehead atoms. The van der Waals surface area contributed by atoms with Crippen molar-refractivity contribution in [3.63, 3.8) is 0 Å². The Kier molecular flexibility index (Phi) is 3.46. The molecule has 94 valence electrons. The van der Waals surface area contributed by atoms with Crippen LogP contribution >= 0.6 is 15.9 Å². The lowest BCUT2D eigenvalue weighted by Gasteiger charge is -2.51. The van der Waals surface area contributed by atoms with E-state index in [2.05, 4.69) is 29.8 Å². The van der Waals surface area contributed by atoms with Crippen LogP contribution in [0.1, 0.15) is 26.7 Å². The maximum atomic E-state index is 13.0. The van der Waals surface area contributed by atoms with E-state index in [0.717, 1.165) is 12.8 Å². The summed E-state index contributed by atoms with van der Waals surface area (Å²) in [6.45, 7) is 4.26. The molecule has 0 radical (unpaired) electrons. The fourth-order valence-electron chi connectivity index (χ4n) is 2.24. The van der Waals surface area contributed by atoms with Gasteiger partial charge < -0.3 is 10.5 Å². The van der Waals surface area contributed by atoms with E-state index in [1.54, 1.807) is 6.07 Å². The predicted octanol–water partition coefficient (Wildman–Crippen LogP) is 3.48. The van der Waals surface area contributed by atoms with Gasteiger partial charge in [-0.3, -0.25) is 0 Å². The van der Waals surface area contributed by atoms with E-state index < -0.39 is 0 Å². The third-order valence-electron chi connectivity index (χ3n) is 3.98. The van der Waals surface area contributed by atoms with Crippen LogP contribution in [0.25, 0.3) is 0 Å². The molecule has 4 heteroatoms. The van der Waals surface area contributed by atoms with E-state index in [-0.39, 0.29) is 23.4 Å². The molecule has 3 unspecified atom stereocenters. The molecule has 0 saturated heterocycles. The van der Waals surface area contributed by atoms with Gasteiger partial charge in [0.1, 0.15) is 17.7 Å². The highest BCUT2D eigenvalue weighted by Gasteiger charge is 2.50. The molecular formula is C13H17BrFNO. The topological polar surface area (TPSA) is 35.2 Å². The Morgan fingerprint density at radius 3 is 2.82 bits per heavy atom. The van der Waals surface area contributed by atoms with Gasteiger partial charge in [-0.15, -0.1) is 0 Å². The molecule has 0 heterocycles. The van der Waals surface area contributed by atoms with E-state index in [0.29, 0.717) is 10.2 Å². The van der Waals surface area contributed by atoms with Gasteiger partial charge in [-0.2, -0.15) is 0 Å². The van der Waals surface area contributed by atoms with E-state index in [4.69, 9.17) is 10.5 Å². The summed E-state index contributed by atoms with van der Waals surface area (Å²) >= 11 is 3.31. The quantitative estimate of drug-likeness (QED) is 0.927. The Hall–Kier alpha value is -0.610. The molecule has 17 heavy (non-hydrogen) atoms. The number of hydrogen-bond acceptors (Lipinski definition) is 2. The minimum absolute atomic E-state index is 0.0217. The lowest BCUT2D eigenvalue weighted by molar-refractivity contribution is -0.0564. The van der Waals surface area contributed by atoms with Gasteiger partial charge in [0, 0.05) is 17.9 Å². The van der Waals surface area contributed by atoms with Crippen LogP contribution in [-0.2, 0) is 0 Å². The van der Waals surface area contributed by atoms with Gasteiger partial charge >= 0.3 is 0 Å². The molecule has 1 aliphatic carbocycles. The fourth-order valence-corrected chi connectivity index (χ4v) is 2.69. The first-order valence-electron chi connectivity index (χ1n) is 5.84. The van der Waals surface area contributed by atoms with Gasteiger partial charge in [0.15, 0.2) is 0 Å². The molecule has 0 aliphatic heterocycles. The first kappa shape index (κ1) is 12.8. The maximum absolute atomic E-state index is 13.0. The van der Waals surface area contributed by atoms with Crippen LogP contribution in [0, 0.1) is 11.2 Å². The van der Waals surface area contributed by atoms with Crippen LogP contribution in [-0.4, -0.2) is 12.1 Å². The van der Waals surface area contributed by atoms with Gasteiger partial charge in [0.05, 0.1) is 4.47 Å². The monoisotopic (exact) mass is 301 g/mol. The molecule has 1 fully saturated rings. The minimum Gasteiger partial charge on any atom is -0.489 e. The first-order valence-corrected chi connectivity index (χ1v) is 6.64. The summed E-state index contributed by atoms with van der Waals surface area (Å²) in [5, 5.41) is 0. The lowest BCUT2D eigenvalue weighted by Crippen LogP contribution is -2.61. The molecule has 1 aliphatic rings. The normalized spacial score (nSPS) is 32.1. The van der Waals surface area contributed by atoms with Gasteiger partial charge in [0.2, 0.25) is 0 Å². The highest BCUT2D eigenvalue weighted by Crippen LogP contribution is 2.45. The highest BCUT2D eigenvalue weighted by molar-refractivity contribution is 9.10. The van der Waals surface area contributed by atoms with Crippen molar-refractivity contribution in [1.82, 2.24) is 0 Å². The van der Waals surface area contributed by atoms with Crippen molar-refractivity contribution in [2.75, 3.05) is 0 Å². The standard InChI is InChI=1S/C13H17BrFNO/c1-3-13(2)11(16)7-12(13)17-10-5-4-8(15)6-9(10)14/h4-6,11-12H,3,7,16H2,1-2H3. The zero-order valence-electron chi connectivity index (χ0n) is 10.0. The molecule has 1 aromatic rings. The van der Waals surface area contributed by atoms with E-state index in [1.807, 2.05) is 0 Å². The summed E-state index contributed by atoms with van der Waals surface area (Å²) in [6, 6.07) is 4.66. The summed E-state index contributed by atoms with van der Waals surface area (Å²) in [5.74, 6) is 0.413. The molecule has 1 saturated carbocycles. The van der Waals surface area contributed by atoms with Crippen LogP contribution in [0.4, 0.5) is 4.39 Å². The Balaban J connectivity index is 2.12. The van der Waals surface area contributed by atoms with Crippen molar-refractivity contribution < 1.29 is 9.13 Å². The zero-order valence-corrected chi connectivity index (χ0v) is 11.6. The molecule has 0 aromatic heterocycles. The summed E-state index contributed by atoms with van der Waals surface area (Å²) in [4.78, 5) is 0. The minimum atomic E-state index is -0.271. The third kappa shape index (κ3) is 2.20. The molecule has 3 atom stereocenters. The molecule has 2 nitrogen and oxygen atoms in total. The summed E-state index contributed by atoms with van der Waals surface area (Å²) in [5.41, 5.74) is 6.04. The van der Waals surface area contributed by atoms with Crippen LogP contribution < -0.4 is 10.5 Å². The lowest BCUT2D eigenvalue weighted by atomic mass is 9.62. The Morgan fingerprint density at radius 1 is 1.59 bits per heavy atom. The van der Waals surface area contributed by atoms with Crippen molar-refractivity contribution in [3.8, 4) is 5.75 Å². The largest absolute Gasteiger partial charge is 0.489 e. The van der Waals surface area contributed by atoms with Crippen molar-refractivity contribution in [2.24, 2.45) is 11.1 Å². The Bertz CT molecular complexity index is 426. The van der Waals surface area contributed by atoms with Crippen LogP contribution in [0.2, 0.25) is 0 Å². The zero-order chi connectivity index (χ0) is 12.6. The number of nitrogens with two attached hydrogens (primary N) is 1. The van der Waals surface area contributed by atoms with Gasteiger partial charge in [0.25, 0.3) is 0 Å². The first-order chi connectivity index (χ1) is 7.97. The van der Waals surface area contributed by atoms with Crippen molar-refractivity contribution in [2.45, 2.75) is 38.8 Å². The summed E-state index contributed by atoms with van der Waals surface area (Å²) < 4.78 is 19.5. The second-order valence-corrected chi connectivity index (χ2v) is 5.74. The fraction of sp³-hybridized carbons (Fsp3) is 0.538. The Labute approximate surface area is 109 Å². The van der Waals surface area contributed by atoms with Crippen molar-refractivity contribution >= 4 is 15.9 Å². The molecular weight excluding hydrogens is 285 g/mol. The molecule has 0 amide bonds. The average molecular weight is 302 g/mol. The Morgan fingerprint density at radius 2 is 2.29 bits per heavy atom. The average Bonchev–Trinajstić information content (AvgIpc) is 2.30. The predicted molar refractivity (Wildman–Crippen MR) is 69.5 cm³/mol. The van der Waals surface area contributed by atoms with Gasteiger partial charge in [-0.05, 0) is 40.5 Å². The van der Waals surface area contributed by atoms with E-state index >= 15 is 0 Å². The van der Waals surface area contributed by atoms with Crippen molar-refractivity contribution in [3.05, 3.63) is 28.5 Å². The van der Waals surface area contributed by atoms with Crippen LogP contribution in [0.15, 0.2) is 22.7 Å². The van der Waals surface area contributed by atoms with Crippen LogP contribution in [0.5, 0.6) is 5.75 Å². The summed E-state index contributed by atoms with van der Waals surface area (Å²) in [6.07, 6.45) is 1.95. The van der Waals surface area contributed by atoms with Crippen molar-refractivity contribution in [1.29, 1.82) is 0 Å². The van der Waals surface area contributed by atoms with E-state index in [1.165, 1.54) is 12.1 Å². The maximum Gasteiger partial charge on any atom is 0.134 e.